The Morgan fingerprint density at radius 2 is 1.87 bits per heavy atom. The van der Waals surface area contributed by atoms with Crippen LogP contribution in [0.3, 0.4) is 0 Å². The third-order valence-corrected chi connectivity index (χ3v) is 6.21. The average molecular weight is 502 g/mol. The van der Waals surface area contributed by atoms with Crippen LogP contribution in [0, 0.1) is 0 Å². The summed E-state index contributed by atoms with van der Waals surface area (Å²) in [4.78, 5) is 8.91. The summed E-state index contributed by atoms with van der Waals surface area (Å²) in [5.74, 6) is 0.804. The van der Waals surface area contributed by atoms with E-state index in [-0.39, 0.29) is 10.9 Å². The number of aryl methyl sites for hydroxylation is 2. The Hall–Kier alpha value is -1.79. The maximum atomic E-state index is 12.0. The third kappa shape index (κ3) is 6.11. The van der Waals surface area contributed by atoms with E-state index in [9.17, 15) is 13.5 Å². The molecule has 0 bridgehead atoms. The number of primary sulfonamides is 1. The summed E-state index contributed by atoms with van der Waals surface area (Å²) >= 11 is 3.40. The van der Waals surface area contributed by atoms with Gasteiger partial charge in [-0.2, -0.15) is 4.98 Å². The smallest absolute Gasteiger partial charge is 0.238 e. The second-order valence-corrected chi connectivity index (χ2v) is 9.19. The van der Waals surface area contributed by atoms with Gasteiger partial charge in [0.1, 0.15) is 5.82 Å². The number of anilines is 3. The van der Waals surface area contributed by atoms with Crippen molar-refractivity contribution in [1.82, 2.24) is 9.97 Å². The number of nitrogens with two attached hydrogens (primary N) is 1. The summed E-state index contributed by atoms with van der Waals surface area (Å²) < 4.78 is 29.9. The number of aromatic nitrogens is 2. The largest absolute Gasteiger partial charge is 0.391 e. The third-order valence-electron chi connectivity index (χ3n) is 4.54. The molecule has 0 unspecified atom stereocenters. The van der Waals surface area contributed by atoms with E-state index in [2.05, 4.69) is 36.5 Å². The Kier molecular flexibility index (Phi) is 8.56. The molecular weight excluding hydrogens is 474 g/mol. The summed E-state index contributed by atoms with van der Waals surface area (Å²) in [6.07, 6.45) is 1.95. The highest BCUT2D eigenvalue weighted by Crippen LogP contribution is 2.28. The molecule has 9 nitrogen and oxygen atoms in total. The van der Waals surface area contributed by atoms with E-state index in [4.69, 9.17) is 9.88 Å². The van der Waals surface area contributed by atoms with Gasteiger partial charge in [-0.1, -0.05) is 13.8 Å². The number of methoxy groups -OCH3 is 1. The number of rotatable bonds is 10. The molecule has 30 heavy (non-hydrogen) atoms. The molecule has 0 saturated heterocycles. The lowest BCUT2D eigenvalue weighted by Gasteiger charge is -2.22. The van der Waals surface area contributed by atoms with Gasteiger partial charge in [-0.25, -0.2) is 18.5 Å². The summed E-state index contributed by atoms with van der Waals surface area (Å²) in [6.45, 7) is 5.71. The Morgan fingerprint density at radius 3 is 2.33 bits per heavy atom. The second-order valence-electron chi connectivity index (χ2n) is 6.84. The summed E-state index contributed by atoms with van der Waals surface area (Å²) in [5.41, 5.74) is 1.92. The average Bonchev–Trinajstić information content (AvgIpc) is 2.68. The maximum absolute atomic E-state index is 12.0. The van der Waals surface area contributed by atoms with E-state index in [0.29, 0.717) is 52.5 Å². The monoisotopic (exact) mass is 501 g/mol. The zero-order valence-corrected chi connectivity index (χ0v) is 19.8. The Morgan fingerprint density at radius 1 is 1.27 bits per heavy atom. The number of nitrogens with zero attached hydrogens (tertiary/aromatic N) is 2. The first-order chi connectivity index (χ1) is 14.1. The molecule has 1 aromatic heterocycles. The molecule has 1 heterocycles. The zero-order valence-electron chi connectivity index (χ0n) is 17.4. The van der Waals surface area contributed by atoms with Gasteiger partial charge in [-0.15, -0.1) is 0 Å². The summed E-state index contributed by atoms with van der Waals surface area (Å²) in [5, 5.41) is 21.6. The number of hydrogen-bond acceptors (Lipinski definition) is 8. The van der Waals surface area contributed by atoms with Crippen LogP contribution in [-0.2, 0) is 27.6 Å². The Labute approximate surface area is 185 Å². The fourth-order valence-electron chi connectivity index (χ4n) is 3.03. The van der Waals surface area contributed by atoms with Crippen molar-refractivity contribution in [1.29, 1.82) is 0 Å². The lowest BCUT2D eigenvalue weighted by atomic mass is 10.1. The predicted molar refractivity (Wildman–Crippen MR) is 121 cm³/mol. The number of nitrogens with one attached hydrogen (secondary N) is 2. The highest BCUT2D eigenvalue weighted by Gasteiger charge is 2.20. The fourth-order valence-corrected chi connectivity index (χ4v) is 4.47. The molecule has 0 aliphatic rings. The van der Waals surface area contributed by atoms with E-state index < -0.39 is 16.1 Å². The molecule has 0 aliphatic carbocycles. The number of ether oxygens (including phenoxy) is 1. The number of sulfonamides is 1. The first-order valence-electron chi connectivity index (χ1n) is 9.52. The molecular formula is C19H28BrN5O4S. The van der Waals surface area contributed by atoms with Crippen LogP contribution < -0.4 is 15.8 Å². The number of hydrogen-bond donors (Lipinski definition) is 4. The van der Waals surface area contributed by atoms with Crippen molar-refractivity contribution >= 4 is 43.4 Å². The van der Waals surface area contributed by atoms with Crippen molar-refractivity contribution in [2.75, 3.05) is 24.4 Å². The minimum Gasteiger partial charge on any atom is -0.391 e. The Bertz CT molecular complexity index is 960. The number of aliphatic hydroxyl groups excluding tert-OH is 1. The predicted octanol–water partition coefficient (Wildman–Crippen LogP) is 2.56. The van der Waals surface area contributed by atoms with Crippen molar-refractivity contribution in [3.63, 3.8) is 0 Å². The quantitative estimate of drug-likeness (QED) is 0.389. The van der Waals surface area contributed by atoms with Gasteiger partial charge in [-0.3, -0.25) is 0 Å². The lowest BCUT2D eigenvalue weighted by Crippen LogP contribution is -2.36. The number of aliphatic hydroxyl groups is 1. The molecule has 0 saturated carbocycles. The molecule has 0 spiro atoms. The molecule has 1 aromatic carbocycles. The topological polar surface area (TPSA) is 139 Å². The van der Waals surface area contributed by atoms with Gasteiger partial charge >= 0.3 is 0 Å². The molecule has 0 radical (unpaired) electrons. The summed E-state index contributed by atoms with van der Waals surface area (Å²) in [7, 11) is -2.27. The second kappa shape index (κ2) is 10.5. The number of halogens is 1. The van der Waals surface area contributed by atoms with Gasteiger partial charge in [0.2, 0.25) is 16.0 Å². The first kappa shape index (κ1) is 24.5. The van der Waals surface area contributed by atoms with Crippen molar-refractivity contribution in [3.8, 4) is 0 Å². The van der Waals surface area contributed by atoms with Crippen LogP contribution in [0.2, 0.25) is 0 Å². The highest BCUT2D eigenvalue weighted by atomic mass is 79.9. The van der Waals surface area contributed by atoms with Crippen LogP contribution in [0.1, 0.15) is 31.9 Å². The normalized spacial score (nSPS) is 13.7. The fraction of sp³-hybridized carbons (Fsp3) is 0.474. The lowest BCUT2D eigenvalue weighted by molar-refractivity contribution is 0.106. The minimum atomic E-state index is -3.83. The number of benzene rings is 1. The van der Waals surface area contributed by atoms with Crippen LogP contribution >= 0.6 is 15.9 Å². The first-order valence-corrected chi connectivity index (χ1v) is 11.9. The molecule has 11 heteroatoms. The zero-order chi connectivity index (χ0) is 22.5. The van der Waals surface area contributed by atoms with Crippen LogP contribution in [0.4, 0.5) is 17.5 Å². The molecule has 2 rings (SSSR count). The van der Waals surface area contributed by atoms with Crippen molar-refractivity contribution < 1.29 is 18.3 Å². The van der Waals surface area contributed by atoms with Gasteiger partial charge in [0.05, 0.1) is 28.1 Å². The van der Waals surface area contributed by atoms with Crippen LogP contribution in [0.25, 0.3) is 0 Å². The van der Waals surface area contributed by atoms with Crippen LogP contribution in [0.15, 0.2) is 27.7 Å². The maximum Gasteiger partial charge on any atom is 0.238 e. The van der Waals surface area contributed by atoms with Crippen LogP contribution in [0.5, 0.6) is 0 Å². The Balaban J connectivity index is 2.39. The molecule has 0 amide bonds. The molecule has 5 N–H and O–H groups in total. The molecule has 0 fully saturated rings. The standard InChI is InChI=1S/C19H28BrN5O4S/c1-5-12-7-14(8-13(6-2)17(12)30(21,27)28)23-19-22-9-15(20)18(25-19)24-16(10-29-4)11(3)26/h7-9,11,16,26H,5-6,10H2,1-4H3,(H2,21,27,28)(H2,22,23,24,25)/t11-,16-/m1/s1. The highest BCUT2D eigenvalue weighted by molar-refractivity contribution is 9.10. The van der Waals surface area contributed by atoms with Crippen molar-refractivity contribution in [3.05, 3.63) is 33.9 Å². The van der Waals surface area contributed by atoms with Gasteiger partial charge in [0.25, 0.3) is 0 Å². The van der Waals surface area contributed by atoms with E-state index in [1.165, 1.54) is 0 Å². The van der Waals surface area contributed by atoms with Gasteiger partial charge < -0.3 is 20.5 Å². The van der Waals surface area contributed by atoms with Gasteiger partial charge in [0.15, 0.2) is 0 Å². The van der Waals surface area contributed by atoms with Crippen molar-refractivity contribution in [2.24, 2.45) is 5.14 Å². The van der Waals surface area contributed by atoms with Gasteiger partial charge in [-0.05, 0) is 59.0 Å². The summed E-state index contributed by atoms with van der Waals surface area (Å²) in [6, 6.07) is 3.11. The molecule has 166 valence electrons. The van der Waals surface area contributed by atoms with Crippen LogP contribution in [-0.4, -0.2) is 49.4 Å². The SMILES string of the molecule is CCc1cc(Nc2ncc(Br)c(N[C@H](COC)[C@@H](C)O)n2)cc(CC)c1S(N)(=O)=O. The van der Waals surface area contributed by atoms with E-state index in [1.54, 1.807) is 32.4 Å². The minimum absolute atomic E-state index is 0.177. The van der Waals surface area contributed by atoms with Crippen molar-refractivity contribution in [2.45, 2.75) is 50.7 Å². The van der Waals surface area contributed by atoms with E-state index in [0.717, 1.165) is 0 Å². The molecule has 0 aliphatic heterocycles. The van der Waals surface area contributed by atoms with E-state index >= 15 is 0 Å². The van der Waals surface area contributed by atoms with Gasteiger partial charge in [0, 0.05) is 19.0 Å². The molecule has 2 atom stereocenters. The van der Waals surface area contributed by atoms with E-state index in [1.807, 2.05) is 13.8 Å². The molecule has 2 aromatic rings.